The van der Waals surface area contributed by atoms with Crippen molar-refractivity contribution in [3.63, 3.8) is 0 Å². The molecule has 28 heavy (non-hydrogen) atoms. The molecule has 0 radical (unpaired) electrons. The van der Waals surface area contributed by atoms with E-state index in [0.29, 0.717) is 11.8 Å². The molecule has 4 aliphatic rings. The lowest BCUT2D eigenvalue weighted by molar-refractivity contribution is -0.226. The average molecular weight is 395 g/mol. The van der Waals surface area contributed by atoms with Gasteiger partial charge < -0.3 is 20.1 Å². The molecule has 0 aliphatic heterocycles. The predicted molar refractivity (Wildman–Crippen MR) is 105 cm³/mol. The number of ether oxygens (including phenoxy) is 1. The Kier molecular flexibility index (Phi) is 5.12. The fourth-order valence-electron chi connectivity index (χ4n) is 8.45. The lowest BCUT2D eigenvalue weighted by Gasteiger charge is -2.64. The van der Waals surface area contributed by atoms with Gasteiger partial charge in [-0.1, -0.05) is 6.92 Å². The third kappa shape index (κ3) is 2.72. The third-order valence-electron chi connectivity index (χ3n) is 9.78. The molecule has 0 aromatic rings. The van der Waals surface area contributed by atoms with Crippen LogP contribution in [-0.4, -0.2) is 45.7 Å². The summed E-state index contributed by atoms with van der Waals surface area (Å²) in [5, 5.41) is 32.9. The molecular formula is C23H38O5. The van der Waals surface area contributed by atoms with E-state index < -0.39 is 11.7 Å². The van der Waals surface area contributed by atoms with Crippen molar-refractivity contribution in [3.8, 4) is 0 Å². The first-order valence-electron chi connectivity index (χ1n) is 11.4. The van der Waals surface area contributed by atoms with Crippen LogP contribution in [0.1, 0.15) is 78.6 Å². The minimum atomic E-state index is -0.739. The van der Waals surface area contributed by atoms with E-state index in [2.05, 4.69) is 6.92 Å². The van der Waals surface area contributed by atoms with E-state index >= 15 is 0 Å². The molecule has 0 saturated heterocycles. The van der Waals surface area contributed by atoms with Crippen molar-refractivity contribution in [2.75, 3.05) is 6.61 Å². The van der Waals surface area contributed by atoms with Gasteiger partial charge in [0.1, 0.15) is 6.10 Å². The molecule has 0 heterocycles. The fourth-order valence-corrected chi connectivity index (χ4v) is 8.45. The Morgan fingerprint density at radius 3 is 2.50 bits per heavy atom. The zero-order chi connectivity index (χ0) is 20.3. The summed E-state index contributed by atoms with van der Waals surface area (Å²) in [6.07, 6.45) is 7.66. The second-order valence-electron chi connectivity index (χ2n) is 10.7. The van der Waals surface area contributed by atoms with Crippen molar-refractivity contribution in [3.05, 3.63) is 0 Å². The molecular weight excluding hydrogens is 356 g/mol. The number of aliphatic hydroxyl groups is 3. The monoisotopic (exact) mass is 394 g/mol. The molecule has 0 aromatic carbocycles. The normalized spacial score (nSPS) is 51.6. The van der Waals surface area contributed by atoms with Gasteiger partial charge in [-0.2, -0.15) is 0 Å². The molecule has 4 fully saturated rings. The molecule has 4 aliphatic carbocycles. The van der Waals surface area contributed by atoms with Crippen molar-refractivity contribution < 1.29 is 24.9 Å². The molecule has 5 heteroatoms. The highest BCUT2D eigenvalue weighted by molar-refractivity contribution is 5.66. The van der Waals surface area contributed by atoms with Crippen LogP contribution in [0.15, 0.2) is 0 Å². The largest absolute Gasteiger partial charge is 0.463 e. The summed E-state index contributed by atoms with van der Waals surface area (Å²) in [6.45, 7) is 5.71. The molecule has 0 amide bonds. The summed E-state index contributed by atoms with van der Waals surface area (Å²) in [5.41, 5.74) is -1.13. The van der Waals surface area contributed by atoms with Gasteiger partial charge in [-0.3, -0.25) is 4.79 Å². The maximum Gasteiger partial charge on any atom is 0.302 e. The average Bonchev–Trinajstić information content (AvgIpc) is 2.92. The number of esters is 1. The molecule has 9 atom stereocenters. The number of aliphatic hydroxyl groups excluding tert-OH is 2. The first-order chi connectivity index (χ1) is 13.2. The highest BCUT2D eigenvalue weighted by Gasteiger charge is 2.68. The Balaban J connectivity index is 1.61. The van der Waals surface area contributed by atoms with Crippen LogP contribution in [0, 0.1) is 34.5 Å². The molecule has 4 rings (SSSR count). The molecule has 0 bridgehead atoms. The molecule has 4 saturated carbocycles. The van der Waals surface area contributed by atoms with Crippen LogP contribution in [0.2, 0.25) is 0 Å². The second-order valence-corrected chi connectivity index (χ2v) is 10.7. The minimum Gasteiger partial charge on any atom is -0.463 e. The van der Waals surface area contributed by atoms with Gasteiger partial charge in [0, 0.05) is 18.9 Å². The Hall–Kier alpha value is -0.650. The van der Waals surface area contributed by atoms with E-state index in [1.54, 1.807) is 0 Å². The van der Waals surface area contributed by atoms with Crippen molar-refractivity contribution in [2.24, 2.45) is 34.5 Å². The Bertz CT molecular complexity index is 620. The van der Waals surface area contributed by atoms with E-state index in [1.807, 2.05) is 6.92 Å². The number of hydrogen-bond acceptors (Lipinski definition) is 5. The molecule has 5 nitrogen and oxygen atoms in total. The maximum absolute atomic E-state index is 12.0. The van der Waals surface area contributed by atoms with Crippen LogP contribution < -0.4 is 0 Å². The first kappa shape index (κ1) is 20.6. The first-order valence-corrected chi connectivity index (χ1v) is 11.4. The smallest absolute Gasteiger partial charge is 0.302 e. The van der Waals surface area contributed by atoms with Gasteiger partial charge >= 0.3 is 5.97 Å². The number of carbonyl (C=O) groups excluding carboxylic acids is 1. The Labute approximate surface area is 168 Å². The summed E-state index contributed by atoms with van der Waals surface area (Å²) in [4.78, 5) is 11.4. The van der Waals surface area contributed by atoms with Crippen molar-refractivity contribution in [2.45, 2.75) is 96.4 Å². The van der Waals surface area contributed by atoms with Gasteiger partial charge in [-0.25, -0.2) is 0 Å². The van der Waals surface area contributed by atoms with Crippen LogP contribution >= 0.6 is 0 Å². The third-order valence-corrected chi connectivity index (χ3v) is 9.78. The van der Waals surface area contributed by atoms with Gasteiger partial charge in [0.25, 0.3) is 0 Å². The van der Waals surface area contributed by atoms with E-state index in [1.165, 1.54) is 6.92 Å². The molecule has 0 spiro atoms. The summed E-state index contributed by atoms with van der Waals surface area (Å²) in [5.74, 6) is 0.816. The standard InChI is InChI=1S/C23H38O5/c1-14(25)18-8-11-23(27)20-5-4-16-12-17(28-15(2)26)6-10-22(16,13-24)19(20)7-9-21(18,23)3/h14,16-20,24-25,27H,4-13H2,1-3H3/t14?,16?,17?,18-,19+,20-,21-,22-,23-/m1/s1. The molecule has 160 valence electrons. The highest BCUT2D eigenvalue weighted by atomic mass is 16.5. The summed E-state index contributed by atoms with van der Waals surface area (Å²) in [6, 6.07) is 0. The lowest BCUT2D eigenvalue weighted by Crippen LogP contribution is -2.64. The van der Waals surface area contributed by atoms with Crippen molar-refractivity contribution in [1.82, 2.24) is 0 Å². The van der Waals surface area contributed by atoms with E-state index in [4.69, 9.17) is 4.74 Å². The van der Waals surface area contributed by atoms with E-state index in [0.717, 1.165) is 57.8 Å². The van der Waals surface area contributed by atoms with Gasteiger partial charge in [0.05, 0.1) is 11.7 Å². The lowest BCUT2D eigenvalue weighted by atomic mass is 9.43. The SMILES string of the molecule is CC(=O)OC1CC[C@@]2(CO)C(CC[C@@H]3[C@@H]2CC[C@]2(C)[C@@H](C(C)O)CC[C@@]32O)C1. The predicted octanol–water partition coefficient (Wildman–Crippen LogP) is 3.05. The minimum absolute atomic E-state index is 0.0261. The second kappa shape index (κ2) is 6.95. The molecule has 3 N–H and O–H groups in total. The zero-order valence-corrected chi connectivity index (χ0v) is 17.7. The number of carbonyl (C=O) groups is 1. The highest BCUT2D eigenvalue weighted by Crippen LogP contribution is 2.69. The quantitative estimate of drug-likeness (QED) is 0.641. The van der Waals surface area contributed by atoms with Gasteiger partial charge in [0.15, 0.2) is 0 Å². The van der Waals surface area contributed by atoms with Crippen molar-refractivity contribution >= 4 is 5.97 Å². The van der Waals surface area contributed by atoms with Crippen LogP contribution in [0.4, 0.5) is 0 Å². The van der Waals surface area contributed by atoms with Gasteiger partial charge in [-0.05, 0) is 93.8 Å². The number of hydrogen-bond donors (Lipinski definition) is 3. The van der Waals surface area contributed by atoms with E-state index in [9.17, 15) is 20.1 Å². The maximum atomic E-state index is 12.0. The Morgan fingerprint density at radius 1 is 1.11 bits per heavy atom. The number of fused-ring (bicyclic) bond motifs is 5. The zero-order valence-electron chi connectivity index (χ0n) is 17.7. The summed E-state index contributed by atoms with van der Waals surface area (Å²) < 4.78 is 5.51. The fraction of sp³-hybridized carbons (Fsp3) is 0.957. The van der Waals surface area contributed by atoms with Crippen molar-refractivity contribution in [1.29, 1.82) is 0 Å². The van der Waals surface area contributed by atoms with Crippen LogP contribution in [0.3, 0.4) is 0 Å². The Morgan fingerprint density at radius 2 is 1.86 bits per heavy atom. The van der Waals surface area contributed by atoms with Gasteiger partial charge in [-0.15, -0.1) is 0 Å². The topological polar surface area (TPSA) is 87.0 Å². The summed E-state index contributed by atoms with van der Waals surface area (Å²) in [7, 11) is 0. The molecule has 0 aromatic heterocycles. The van der Waals surface area contributed by atoms with E-state index in [-0.39, 0.29) is 41.3 Å². The number of rotatable bonds is 3. The van der Waals surface area contributed by atoms with Crippen LogP contribution in [0.5, 0.6) is 0 Å². The molecule has 3 unspecified atom stereocenters. The van der Waals surface area contributed by atoms with Gasteiger partial charge in [0.2, 0.25) is 0 Å². The van der Waals surface area contributed by atoms with Crippen LogP contribution in [-0.2, 0) is 9.53 Å². The summed E-state index contributed by atoms with van der Waals surface area (Å²) >= 11 is 0. The van der Waals surface area contributed by atoms with Crippen LogP contribution in [0.25, 0.3) is 0 Å².